The molecule has 0 aliphatic carbocycles. The first kappa shape index (κ1) is 11.9. The third kappa shape index (κ3) is 3.20. The van der Waals surface area contributed by atoms with Gasteiger partial charge in [-0.05, 0) is 5.56 Å². The minimum atomic E-state index is -0.932. The Kier molecular flexibility index (Phi) is 4.20. The van der Waals surface area contributed by atoms with Crippen molar-refractivity contribution in [2.75, 3.05) is 0 Å². The molecule has 0 aromatic heterocycles. The first-order valence-electron chi connectivity index (χ1n) is 4.59. The smallest absolute Gasteiger partial charge is 0.364 e. The fourth-order valence-electron chi connectivity index (χ4n) is 1.05. The van der Waals surface area contributed by atoms with Gasteiger partial charge in [0.15, 0.2) is 5.78 Å². The van der Waals surface area contributed by atoms with Gasteiger partial charge in [0.05, 0.1) is 0 Å². The summed E-state index contributed by atoms with van der Waals surface area (Å²) in [5.41, 5.74) is 0.188. The number of Topliss-reactive ketones (excluding diaryl/α,β-unsaturated/α-hetero) is 1. The molecule has 0 bridgehead atoms. The summed E-state index contributed by atoms with van der Waals surface area (Å²) >= 11 is 0. The molecule has 0 spiro atoms. The van der Waals surface area contributed by atoms with E-state index < -0.39 is 17.5 Å². The third-order valence-corrected chi connectivity index (χ3v) is 1.84. The fourth-order valence-corrected chi connectivity index (χ4v) is 1.05. The van der Waals surface area contributed by atoms with Crippen LogP contribution in [-0.4, -0.2) is 22.7 Å². The van der Waals surface area contributed by atoms with Crippen molar-refractivity contribution in [1.29, 1.82) is 0 Å². The molecule has 16 heavy (non-hydrogen) atoms. The molecular formula is C11H11NO4. The molecule has 0 saturated heterocycles. The highest BCUT2D eigenvalue weighted by atomic mass is 16.5. The average molecular weight is 221 g/mol. The van der Waals surface area contributed by atoms with Crippen LogP contribution in [0, 0.1) is 0 Å². The Morgan fingerprint density at radius 2 is 1.94 bits per heavy atom. The van der Waals surface area contributed by atoms with Gasteiger partial charge in [-0.25, -0.2) is 4.79 Å². The van der Waals surface area contributed by atoms with Crippen molar-refractivity contribution in [3.63, 3.8) is 0 Å². The molecule has 1 rings (SSSR count). The molecule has 0 amide bonds. The van der Waals surface area contributed by atoms with Crippen LogP contribution in [0.4, 0.5) is 0 Å². The minimum absolute atomic E-state index is 0.0337. The van der Waals surface area contributed by atoms with Gasteiger partial charge in [0, 0.05) is 6.92 Å². The van der Waals surface area contributed by atoms with Crippen molar-refractivity contribution in [3.05, 3.63) is 35.9 Å². The van der Waals surface area contributed by atoms with Gasteiger partial charge in [0.25, 0.3) is 0 Å². The van der Waals surface area contributed by atoms with E-state index >= 15 is 0 Å². The van der Waals surface area contributed by atoms with Crippen LogP contribution in [0.15, 0.2) is 35.5 Å². The van der Waals surface area contributed by atoms with Gasteiger partial charge in [-0.15, -0.1) is 0 Å². The highest BCUT2D eigenvalue weighted by molar-refractivity contribution is 6.63. The zero-order chi connectivity index (χ0) is 12.0. The lowest BCUT2D eigenvalue weighted by Crippen LogP contribution is -2.24. The molecule has 0 radical (unpaired) electrons. The van der Waals surface area contributed by atoms with Gasteiger partial charge in [0.2, 0.25) is 5.71 Å². The van der Waals surface area contributed by atoms with Crippen LogP contribution in [0.1, 0.15) is 12.5 Å². The summed E-state index contributed by atoms with van der Waals surface area (Å²) in [5.74, 6) is -1.57. The second-order valence-corrected chi connectivity index (χ2v) is 3.07. The van der Waals surface area contributed by atoms with Crippen molar-refractivity contribution in [2.45, 2.75) is 13.5 Å². The van der Waals surface area contributed by atoms with Gasteiger partial charge in [-0.2, -0.15) is 0 Å². The minimum Gasteiger partial charge on any atom is -0.456 e. The maximum atomic E-state index is 11.3. The summed E-state index contributed by atoms with van der Waals surface area (Å²) < 4.78 is 4.79. The Morgan fingerprint density at radius 3 is 2.44 bits per heavy atom. The van der Waals surface area contributed by atoms with Crippen molar-refractivity contribution >= 4 is 17.5 Å². The normalized spacial score (nSPS) is 10.9. The van der Waals surface area contributed by atoms with Gasteiger partial charge in [-0.3, -0.25) is 4.79 Å². The van der Waals surface area contributed by atoms with Crippen LogP contribution in [0.5, 0.6) is 0 Å². The first-order chi connectivity index (χ1) is 7.65. The zero-order valence-electron chi connectivity index (χ0n) is 8.71. The van der Waals surface area contributed by atoms with Crippen LogP contribution < -0.4 is 0 Å². The van der Waals surface area contributed by atoms with Crippen molar-refractivity contribution in [2.24, 2.45) is 5.16 Å². The van der Waals surface area contributed by atoms with E-state index in [1.54, 1.807) is 24.3 Å². The Hall–Kier alpha value is -2.17. The van der Waals surface area contributed by atoms with Gasteiger partial charge < -0.3 is 9.94 Å². The number of hydrogen-bond donors (Lipinski definition) is 1. The maximum Gasteiger partial charge on any atom is 0.364 e. The summed E-state index contributed by atoms with van der Waals surface area (Å²) in [5, 5.41) is 11.0. The number of rotatable bonds is 4. The van der Waals surface area contributed by atoms with Crippen LogP contribution in [0.3, 0.4) is 0 Å². The van der Waals surface area contributed by atoms with E-state index in [-0.39, 0.29) is 6.61 Å². The van der Waals surface area contributed by atoms with Gasteiger partial charge in [0.1, 0.15) is 6.61 Å². The third-order valence-electron chi connectivity index (χ3n) is 1.84. The molecule has 0 atom stereocenters. The summed E-state index contributed by atoms with van der Waals surface area (Å²) in [6, 6.07) is 8.99. The van der Waals surface area contributed by atoms with Crippen LogP contribution in [0.25, 0.3) is 0 Å². The molecule has 0 unspecified atom stereocenters. The van der Waals surface area contributed by atoms with Crippen molar-refractivity contribution < 1.29 is 19.5 Å². The summed E-state index contributed by atoms with van der Waals surface area (Å²) in [6.45, 7) is 1.16. The predicted molar refractivity (Wildman–Crippen MR) is 56.1 cm³/mol. The lowest BCUT2D eigenvalue weighted by atomic mass is 10.2. The number of ether oxygens (including phenoxy) is 1. The second kappa shape index (κ2) is 5.65. The molecular weight excluding hydrogens is 210 g/mol. The van der Waals surface area contributed by atoms with E-state index in [0.29, 0.717) is 0 Å². The summed E-state index contributed by atoms with van der Waals surface area (Å²) in [6.07, 6.45) is 0. The van der Waals surface area contributed by atoms with E-state index in [1.165, 1.54) is 0 Å². The molecule has 5 heteroatoms. The second-order valence-electron chi connectivity index (χ2n) is 3.07. The van der Waals surface area contributed by atoms with Crippen LogP contribution in [0.2, 0.25) is 0 Å². The van der Waals surface area contributed by atoms with E-state index in [0.717, 1.165) is 12.5 Å². The molecule has 0 aliphatic rings. The molecule has 0 fully saturated rings. The maximum absolute atomic E-state index is 11.3. The lowest BCUT2D eigenvalue weighted by Gasteiger charge is -2.03. The SMILES string of the molecule is CC(=O)C(=NO)C(=O)OCc1ccccc1. The first-order valence-corrected chi connectivity index (χ1v) is 4.59. The molecule has 1 aromatic carbocycles. The summed E-state index contributed by atoms with van der Waals surface area (Å²) in [4.78, 5) is 22.1. The number of benzene rings is 1. The Labute approximate surface area is 92.3 Å². The molecule has 0 saturated carbocycles. The average Bonchev–Trinajstić information content (AvgIpc) is 2.28. The number of carbonyl (C=O) groups excluding carboxylic acids is 2. The molecule has 0 heterocycles. The van der Waals surface area contributed by atoms with Gasteiger partial charge in [-0.1, -0.05) is 35.5 Å². The molecule has 5 nitrogen and oxygen atoms in total. The lowest BCUT2D eigenvalue weighted by molar-refractivity contribution is -0.137. The topological polar surface area (TPSA) is 76.0 Å². The molecule has 0 aliphatic heterocycles. The van der Waals surface area contributed by atoms with Crippen LogP contribution in [-0.2, 0) is 20.9 Å². The molecule has 1 aromatic rings. The largest absolute Gasteiger partial charge is 0.456 e. The monoisotopic (exact) mass is 221 g/mol. The molecule has 1 N–H and O–H groups in total. The van der Waals surface area contributed by atoms with E-state index in [2.05, 4.69) is 5.16 Å². The number of oxime groups is 1. The van der Waals surface area contributed by atoms with Crippen molar-refractivity contribution in [3.8, 4) is 0 Å². The molecule has 84 valence electrons. The number of hydrogen-bond acceptors (Lipinski definition) is 5. The quantitative estimate of drug-likeness (QED) is 0.272. The fraction of sp³-hybridized carbons (Fsp3) is 0.182. The van der Waals surface area contributed by atoms with E-state index in [1.807, 2.05) is 6.07 Å². The number of carbonyl (C=O) groups is 2. The zero-order valence-corrected chi connectivity index (χ0v) is 8.71. The van der Waals surface area contributed by atoms with E-state index in [9.17, 15) is 9.59 Å². The Morgan fingerprint density at radius 1 is 1.31 bits per heavy atom. The number of nitrogens with zero attached hydrogens (tertiary/aromatic N) is 1. The van der Waals surface area contributed by atoms with E-state index in [4.69, 9.17) is 9.94 Å². The van der Waals surface area contributed by atoms with Crippen LogP contribution >= 0.6 is 0 Å². The van der Waals surface area contributed by atoms with Crippen molar-refractivity contribution in [1.82, 2.24) is 0 Å². The highest BCUT2D eigenvalue weighted by Gasteiger charge is 2.18. The standard InChI is InChI=1S/C11H11NO4/c1-8(13)10(12-15)11(14)16-7-9-5-3-2-4-6-9/h2-6,15H,7H2,1H3. The Balaban J connectivity index is 2.57. The van der Waals surface area contributed by atoms with Gasteiger partial charge >= 0.3 is 5.97 Å². The Bertz CT molecular complexity index is 411. The summed E-state index contributed by atoms with van der Waals surface area (Å²) in [7, 11) is 0. The predicted octanol–water partition coefficient (Wildman–Crippen LogP) is 1.15. The number of ketones is 1. The number of esters is 1. The highest BCUT2D eigenvalue weighted by Crippen LogP contribution is 2.01.